The first-order valence-corrected chi connectivity index (χ1v) is 5.63. The lowest BCUT2D eigenvalue weighted by molar-refractivity contribution is -0.142. The van der Waals surface area contributed by atoms with Crippen molar-refractivity contribution in [3.8, 4) is 11.8 Å². The summed E-state index contributed by atoms with van der Waals surface area (Å²) in [5.74, 6) is 0.354. The number of esters is 1. The van der Waals surface area contributed by atoms with Gasteiger partial charge in [-0.05, 0) is 24.6 Å². The summed E-state index contributed by atoms with van der Waals surface area (Å²) in [6, 6.07) is 8.66. The number of rotatable bonds is 6. The van der Waals surface area contributed by atoms with E-state index in [-0.39, 0.29) is 24.9 Å². The first-order chi connectivity index (χ1) is 8.71. The van der Waals surface area contributed by atoms with E-state index in [1.165, 1.54) is 0 Å². The van der Waals surface area contributed by atoms with Crippen LogP contribution in [0, 0.1) is 11.3 Å². The first-order valence-electron chi connectivity index (χ1n) is 5.63. The molecule has 0 radical (unpaired) electrons. The second-order valence-corrected chi connectivity index (χ2v) is 3.52. The molecule has 1 unspecified atom stereocenters. The molecule has 6 heteroatoms. The van der Waals surface area contributed by atoms with Gasteiger partial charge in [-0.3, -0.25) is 10.1 Å². The van der Waals surface area contributed by atoms with E-state index in [1.54, 1.807) is 38.3 Å². The van der Waals surface area contributed by atoms with Crippen LogP contribution in [0.5, 0.6) is 5.75 Å². The van der Waals surface area contributed by atoms with Crippen molar-refractivity contribution in [1.82, 2.24) is 5.32 Å². The first kappa shape index (κ1) is 17.2. The highest BCUT2D eigenvalue weighted by molar-refractivity contribution is 5.85. The van der Waals surface area contributed by atoms with Crippen molar-refractivity contribution in [3.05, 3.63) is 29.8 Å². The van der Waals surface area contributed by atoms with Gasteiger partial charge in [0.05, 0.1) is 26.3 Å². The molecule has 0 aliphatic carbocycles. The van der Waals surface area contributed by atoms with Gasteiger partial charge in [-0.15, -0.1) is 12.4 Å². The van der Waals surface area contributed by atoms with Gasteiger partial charge in [0.25, 0.3) is 0 Å². The van der Waals surface area contributed by atoms with Gasteiger partial charge in [0.2, 0.25) is 0 Å². The molecule has 1 aromatic rings. The van der Waals surface area contributed by atoms with Gasteiger partial charge in [-0.2, -0.15) is 5.26 Å². The van der Waals surface area contributed by atoms with Gasteiger partial charge in [0, 0.05) is 0 Å². The zero-order chi connectivity index (χ0) is 13.4. The maximum absolute atomic E-state index is 11.2. The van der Waals surface area contributed by atoms with Crippen molar-refractivity contribution >= 4 is 18.4 Å². The van der Waals surface area contributed by atoms with E-state index in [1.807, 2.05) is 0 Å². The molecule has 19 heavy (non-hydrogen) atoms. The van der Waals surface area contributed by atoms with Crippen LogP contribution in [0.25, 0.3) is 0 Å². The number of benzene rings is 1. The van der Waals surface area contributed by atoms with Crippen molar-refractivity contribution in [3.63, 3.8) is 0 Å². The van der Waals surface area contributed by atoms with Crippen LogP contribution in [0.2, 0.25) is 0 Å². The number of halogens is 1. The van der Waals surface area contributed by atoms with Crippen LogP contribution in [0.4, 0.5) is 0 Å². The fourth-order valence-electron chi connectivity index (χ4n) is 1.43. The molecular formula is C13H17ClN2O3. The van der Waals surface area contributed by atoms with E-state index in [0.717, 1.165) is 11.3 Å². The molecule has 0 amide bonds. The highest BCUT2D eigenvalue weighted by atomic mass is 35.5. The molecule has 0 heterocycles. The summed E-state index contributed by atoms with van der Waals surface area (Å²) in [7, 11) is 1.58. The highest BCUT2D eigenvalue weighted by Crippen LogP contribution is 2.16. The Kier molecular flexibility index (Phi) is 8.34. The molecule has 0 aliphatic heterocycles. The lowest BCUT2D eigenvalue weighted by Gasteiger charge is -2.11. The van der Waals surface area contributed by atoms with Crippen molar-refractivity contribution in [2.45, 2.75) is 13.0 Å². The van der Waals surface area contributed by atoms with Gasteiger partial charge in [-0.25, -0.2) is 0 Å². The molecule has 104 valence electrons. The summed E-state index contributed by atoms with van der Waals surface area (Å²) < 4.78 is 9.81. The minimum atomic E-state index is -0.541. The fraction of sp³-hybridized carbons (Fsp3) is 0.385. The van der Waals surface area contributed by atoms with E-state index < -0.39 is 6.04 Å². The third-order valence-corrected chi connectivity index (χ3v) is 2.33. The Morgan fingerprint density at radius 1 is 1.42 bits per heavy atom. The number of carbonyl (C=O) groups is 1. The zero-order valence-corrected chi connectivity index (χ0v) is 11.7. The predicted molar refractivity (Wildman–Crippen MR) is 73.2 cm³/mol. The van der Waals surface area contributed by atoms with Crippen molar-refractivity contribution in [1.29, 1.82) is 5.26 Å². The Morgan fingerprint density at radius 2 is 2.05 bits per heavy atom. The van der Waals surface area contributed by atoms with Gasteiger partial charge in [0.1, 0.15) is 11.8 Å². The Labute approximate surface area is 118 Å². The zero-order valence-electron chi connectivity index (χ0n) is 10.9. The van der Waals surface area contributed by atoms with E-state index in [4.69, 9.17) is 14.7 Å². The SMILES string of the molecule is CCOC(=O)CNC(C#N)c1ccc(OC)cc1.Cl. The minimum absolute atomic E-state index is 0. The Balaban J connectivity index is 0.00000324. The Bertz CT molecular complexity index is 429. The normalized spacial score (nSPS) is 10.8. The molecule has 1 atom stereocenters. The molecule has 0 saturated heterocycles. The van der Waals surface area contributed by atoms with Crippen LogP contribution in [0.1, 0.15) is 18.5 Å². The number of methoxy groups -OCH3 is 1. The van der Waals surface area contributed by atoms with Gasteiger partial charge < -0.3 is 9.47 Å². The van der Waals surface area contributed by atoms with Crippen LogP contribution < -0.4 is 10.1 Å². The number of hydrogen-bond acceptors (Lipinski definition) is 5. The Hall–Kier alpha value is -1.77. The highest BCUT2D eigenvalue weighted by Gasteiger charge is 2.12. The maximum atomic E-state index is 11.2. The van der Waals surface area contributed by atoms with E-state index in [0.29, 0.717) is 6.61 Å². The van der Waals surface area contributed by atoms with E-state index in [2.05, 4.69) is 11.4 Å². The van der Waals surface area contributed by atoms with E-state index >= 15 is 0 Å². The minimum Gasteiger partial charge on any atom is -0.497 e. The molecule has 1 N–H and O–H groups in total. The summed E-state index contributed by atoms with van der Waals surface area (Å²) >= 11 is 0. The molecular weight excluding hydrogens is 268 g/mol. The standard InChI is InChI=1S/C13H16N2O3.ClH/c1-3-18-13(16)9-15-12(8-14)10-4-6-11(17-2)7-5-10;/h4-7,12,15H,3,9H2,1-2H3;1H. The lowest BCUT2D eigenvalue weighted by atomic mass is 10.1. The van der Waals surface area contributed by atoms with Crippen molar-refractivity contribution in [2.24, 2.45) is 0 Å². The molecule has 5 nitrogen and oxygen atoms in total. The quantitative estimate of drug-likeness (QED) is 0.807. The van der Waals surface area contributed by atoms with Gasteiger partial charge >= 0.3 is 5.97 Å². The second-order valence-electron chi connectivity index (χ2n) is 3.52. The molecule has 0 bridgehead atoms. The van der Waals surface area contributed by atoms with Crippen LogP contribution in [-0.2, 0) is 9.53 Å². The van der Waals surface area contributed by atoms with Crippen LogP contribution in [0.3, 0.4) is 0 Å². The van der Waals surface area contributed by atoms with Crippen molar-refractivity contribution in [2.75, 3.05) is 20.3 Å². The second kappa shape index (κ2) is 9.20. The molecule has 1 aromatic carbocycles. The molecule has 0 fully saturated rings. The van der Waals surface area contributed by atoms with Gasteiger partial charge in [0.15, 0.2) is 0 Å². The maximum Gasteiger partial charge on any atom is 0.319 e. The van der Waals surface area contributed by atoms with Crippen LogP contribution in [-0.4, -0.2) is 26.2 Å². The molecule has 1 rings (SSSR count). The summed E-state index contributed by atoms with van der Waals surface area (Å²) in [5, 5.41) is 11.9. The number of nitrogens with one attached hydrogen (secondary N) is 1. The number of ether oxygens (including phenoxy) is 2. The average Bonchev–Trinajstić information content (AvgIpc) is 2.40. The van der Waals surface area contributed by atoms with E-state index in [9.17, 15) is 4.79 Å². The number of nitrogens with zero attached hydrogens (tertiary/aromatic N) is 1. The van der Waals surface area contributed by atoms with Crippen LogP contribution >= 0.6 is 12.4 Å². The predicted octanol–water partition coefficient (Wildman–Crippen LogP) is 1.83. The fourth-order valence-corrected chi connectivity index (χ4v) is 1.43. The number of nitriles is 1. The average molecular weight is 285 g/mol. The summed E-state index contributed by atoms with van der Waals surface area (Å²) in [4.78, 5) is 11.2. The molecule has 0 aromatic heterocycles. The topological polar surface area (TPSA) is 71.3 Å². The van der Waals surface area contributed by atoms with Gasteiger partial charge in [-0.1, -0.05) is 12.1 Å². The number of carbonyl (C=O) groups excluding carboxylic acids is 1. The van der Waals surface area contributed by atoms with Crippen LogP contribution in [0.15, 0.2) is 24.3 Å². The number of hydrogen-bond donors (Lipinski definition) is 1. The summed E-state index contributed by atoms with van der Waals surface area (Å²) in [6.45, 7) is 2.08. The molecule has 0 spiro atoms. The largest absolute Gasteiger partial charge is 0.497 e. The smallest absolute Gasteiger partial charge is 0.319 e. The lowest BCUT2D eigenvalue weighted by Crippen LogP contribution is -2.28. The third kappa shape index (κ3) is 5.60. The third-order valence-electron chi connectivity index (χ3n) is 2.33. The Morgan fingerprint density at radius 3 is 2.53 bits per heavy atom. The molecule has 0 saturated carbocycles. The summed E-state index contributed by atoms with van der Waals surface area (Å²) in [5.41, 5.74) is 0.780. The monoisotopic (exact) mass is 284 g/mol. The molecule has 0 aliphatic rings. The summed E-state index contributed by atoms with van der Waals surface area (Å²) in [6.07, 6.45) is 0. The van der Waals surface area contributed by atoms with Crippen molar-refractivity contribution < 1.29 is 14.3 Å².